The largest absolute Gasteiger partial charge is 0.350 e. The van der Waals surface area contributed by atoms with Crippen molar-refractivity contribution >= 4 is 17.5 Å². The predicted octanol–water partition coefficient (Wildman–Crippen LogP) is 4.77. The minimum atomic E-state index is -0.152. The lowest BCUT2D eigenvalue weighted by Crippen LogP contribution is -2.26. The summed E-state index contributed by atoms with van der Waals surface area (Å²) in [6.07, 6.45) is 8.11. The van der Waals surface area contributed by atoms with Gasteiger partial charge in [-0.15, -0.1) is 0 Å². The molecule has 0 saturated carbocycles. The molecule has 1 aromatic heterocycles. The minimum Gasteiger partial charge on any atom is -0.350 e. The number of nitrogens with zero attached hydrogens (tertiary/aromatic N) is 2. The average molecular weight is 364 g/mol. The van der Waals surface area contributed by atoms with Crippen LogP contribution in [0.15, 0.2) is 35.9 Å². The second-order valence-electron chi connectivity index (χ2n) is 7.33. The molecule has 0 bridgehead atoms. The third-order valence-corrected chi connectivity index (χ3v) is 4.68. The summed E-state index contributed by atoms with van der Waals surface area (Å²) in [5, 5.41) is 6.20. The Morgan fingerprint density at radius 3 is 2.52 bits per heavy atom. The summed E-state index contributed by atoms with van der Waals surface area (Å²) in [6.45, 7) is 6.62. The average Bonchev–Trinajstić information content (AvgIpc) is 2.61. The summed E-state index contributed by atoms with van der Waals surface area (Å²) in [5.74, 6) is 0.292. The maximum atomic E-state index is 12.5. The molecule has 0 spiro atoms. The highest BCUT2D eigenvalue weighted by molar-refractivity contribution is 5.92. The lowest BCUT2D eigenvalue weighted by atomic mass is 9.97. The summed E-state index contributed by atoms with van der Waals surface area (Å²) >= 11 is 0. The van der Waals surface area contributed by atoms with Crippen LogP contribution in [0.5, 0.6) is 0 Å². The monoisotopic (exact) mass is 364 g/mol. The zero-order chi connectivity index (χ0) is 19.2. The van der Waals surface area contributed by atoms with Gasteiger partial charge in [0, 0.05) is 17.9 Å². The molecule has 0 radical (unpaired) electrons. The van der Waals surface area contributed by atoms with Gasteiger partial charge in [0.25, 0.3) is 5.91 Å². The van der Waals surface area contributed by atoms with Crippen LogP contribution in [0.3, 0.4) is 0 Å². The van der Waals surface area contributed by atoms with Gasteiger partial charge < -0.3 is 10.6 Å². The van der Waals surface area contributed by atoms with Crippen molar-refractivity contribution in [3.63, 3.8) is 0 Å². The fraction of sp³-hybridized carbons (Fsp3) is 0.409. The smallest absolute Gasteiger partial charge is 0.270 e. The van der Waals surface area contributed by atoms with E-state index in [4.69, 9.17) is 0 Å². The van der Waals surface area contributed by atoms with Crippen molar-refractivity contribution in [3.05, 3.63) is 58.4 Å². The first-order valence-corrected chi connectivity index (χ1v) is 9.67. The Labute approximate surface area is 161 Å². The molecule has 5 nitrogen and oxygen atoms in total. The normalized spacial score (nSPS) is 13.8. The molecule has 0 fully saturated rings. The standard InChI is InChI=1S/C22H28N4O/c1-15-11-16(2)13-19(12-15)25-22-24-17(3)14-20(26-22)21(27)23-10-9-18-7-5-4-6-8-18/h7,11-14H,4-6,8-10H2,1-3H3,(H,23,27)(H,24,25,26). The summed E-state index contributed by atoms with van der Waals surface area (Å²) < 4.78 is 0. The third-order valence-electron chi connectivity index (χ3n) is 4.68. The van der Waals surface area contributed by atoms with E-state index in [-0.39, 0.29) is 5.91 Å². The van der Waals surface area contributed by atoms with Gasteiger partial charge in [-0.2, -0.15) is 0 Å². The zero-order valence-electron chi connectivity index (χ0n) is 16.4. The van der Waals surface area contributed by atoms with Gasteiger partial charge in [-0.25, -0.2) is 9.97 Å². The number of hydrogen-bond acceptors (Lipinski definition) is 4. The molecule has 1 aliphatic carbocycles. The van der Waals surface area contributed by atoms with Crippen molar-refractivity contribution < 1.29 is 4.79 Å². The molecule has 1 aromatic carbocycles. The highest BCUT2D eigenvalue weighted by atomic mass is 16.1. The van der Waals surface area contributed by atoms with Gasteiger partial charge in [0.05, 0.1) is 0 Å². The summed E-state index contributed by atoms with van der Waals surface area (Å²) in [4.78, 5) is 21.3. The number of hydrogen-bond donors (Lipinski definition) is 2. The van der Waals surface area contributed by atoms with Crippen molar-refractivity contribution in [2.24, 2.45) is 0 Å². The van der Waals surface area contributed by atoms with Crippen molar-refractivity contribution in [1.29, 1.82) is 0 Å². The second kappa shape index (κ2) is 8.80. The fourth-order valence-electron chi connectivity index (χ4n) is 3.48. The van der Waals surface area contributed by atoms with Crippen LogP contribution in [0.2, 0.25) is 0 Å². The first-order valence-electron chi connectivity index (χ1n) is 9.67. The van der Waals surface area contributed by atoms with Crippen molar-refractivity contribution in [3.8, 4) is 0 Å². The van der Waals surface area contributed by atoms with E-state index in [9.17, 15) is 4.79 Å². The number of allylic oxidation sites excluding steroid dienone is 1. The molecule has 2 N–H and O–H groups in total. The van der Waals surface area contributed by atoms with Gasteiger partial charge in [-0.1, -0.05) is 17.7 Å². The fourth-order valence-corrected chi connectivity index (χ4v) is 3.48. The Morgan fingerprint density at radius 1 is 1.04 bits per heavy atom. The molecule has 1 heterocycles. The Bertz CT molecular complexity index is 837. The van der Waals surface area contributed by atoms with E-state index < -0.39 is 0 Å². The first kappa shape index (κ1) is 19.1. The molecule has 0 aliphatic heterocycles. The van der Waals surface area contributed by atoms with Crippen LogP contribution in [0.4, 0.5) is 11.6 Å². The summed E-state index contributed by atoms with van der Waals surface area (Å²) in [7, 11) is 0. The quantitative estimate of drug-likeness (QED) is 0.725. The number of amides is 1. The number of carbonyl (C=O) groups excluding carboxylic acids is 1. The maximum Gasteiger partial charge on any atom is 0.270 e. The van der Waals surface area contributed by atoms with Gasteiger partial charge in [0.2, 0.25) is 5.95 Å². The molecular formula is C22H28N4O. The Hall–Kier alpha value is -2.69. The summed E-state index contributed by atoms with van der Waals surface area (Å²) in [6, 6.07) is 7.91. The number of aryl methyl sites for hydroxylation is 3. The Morgan fingerprint density at radius 2 is 1.81 bits per heavy atom. The lowest BCUT2D eigenvalue weighted by Gasteiger charge is -2.13. The number of aromatic nitrogens is 2. The Balaban J connectivity index is 1.65. The Kier molecular flexibility index (Phi) is 6.22. The molecule has 27 heavy (non-hydrogen) atoms. The molecule has 1 amide bonds. The minimum absolute atomic E-state index is 0.152. The molecule has 2 aromatic rings. The van der Waals surface area contributed by atoms with Crippen LogP contribution >= 0.6 is 0 Å². The van der Waals surface area contributed by atoms with Gasteiger partial charge >= 0.3 is 0 Å². The van der Waals surface area contributed by atoms with Crippen LogP contribution in [0.1, 0.15) is 59.4 Å². The molecular weight excluding hydrogens is 336 g/mol. The maximum absolute atomic E-state index is 12.5. The molecule has 142 valence electrons. The van der Waals surface area contributed by atoms with E-state index in [0.717, 1.165) is 24.2 Å². The lowest BCUT2D eigenvalue weighted by molar-refractivity contribution is 0.0949. The van der Waals surface area contributed by atoms with Gasteiger partial charge in [-0.05, 0) is 82.2 Å². The molecule has 5 heteroatoms. The molecule has 1 aliphatic rings. The van der Waals surface area contributed by atoms with E-state index in [1.165, 1.54) is 36.0 Å². The highest BCUT2D eigenvalue weighted by Gasteiger charge is 2.11. The number of rotatable bonds is 6. The van der Waals surface area contributed by atoms with Crippen molar-refractivity contribution in [2.45, 2.75) is 52.9 Å². The molecule has 0 unspecified atom stereocenters. The van der Waals surface area contributed by atoms with E-state index in [0.29, 0.717) is 18.2 Å². The van der Waals surface area contributed by atoms with Gasteiger partial charge in [-0.3, -0.25) is 4.79 Å². The van der Waals surface area contributed by atoms with Crippen LogP contribution in [0.25, 0.3) is 0 Å². The number of carbonyl (C=O) groups is 1. The van der Waals surface area contributed by atoms with Crippen molar-refractivity contribution in [1.82, 2.24) is 15.3 Å². The highest BCUT2D eigenvalue weighted by Crippen LogP contribution is 2.20. The summed E-state index contributed by atoms with van der Waals surface area (Å²) in [5.41, 5.74) is 5.87. The molecule has 0 atom stereocenters. The number of anilines is 2. The van der Waals surface area contributed by atoms with Gasteiger partial charge in [0.15, 0.2) is 0 Å². The van der Waals surface area contributed by atoms with Crippen LogP contribution in [-0.4, -0.2) is 22.4 Å². The van der Waals surface area contributed by atoms with Crippen LogP contribution in [0, 0.1) is 20.8 Å². The van der Waals surface area contributed by atoms with E-state index in [2.05, 4.69) is 46.6 Å². The number of benzene rings is 1. The predicted molar refractivity (Wildman–Crippen MR) is 109 cm³/mol. The molecule has 3 rings (SSSR count). The second-order valence-corrected chi connectivity index (χ2v) is 7.33. The van der Waals surface area contributed by atoms with E-state index in [1.54, 1.807) is 6.07 Å². The third kappa shape index (κ3) is 5.64. The number of nitrogens with one attached hydrogen (secondary N) is 2. The van der Waals surface area contributed by atoms with Crippen molar-refractivity contribution in [2.75, 3.05) is 11.9 Å². The first-order chi connectivity index (χ1) is 13.0. The SMILES string of the molecule is Cc1cc(C)cc(Nc2nc(C)cc(C(=O)NCCC3=CCCCC3)n2)c1. The topological polar surface area (TPSA) is 66.9 Å². The van der Waals surface area contributed by atoms with Crippen LogP contribution in [-0.2, 0) is 0 Å². The zero-order valence-corrected chi connectivity index (χ0v) is 16.4. The van der Waals surface area contributed by atoms with Crippen LogP contribution < -0.4 is 10.6 Å². The molecule has 0 saturated heterocycles. The van der Waals surface area contributed by atoms with Gasteiger partial charge in [0.1, 0.15) is 5.69 Å². The van der Waals surface area contributed by atoms with E-state index in [1.807, 2.05) is 19.1 Å². The van der Waals surface area contributed by atoms with E-state index >= 15 is 0 Å².